The Balaban J connectivity index is 1.38. The number of amides is 2. The predicted octanol–water partition coefficient (Wildman–Crippen LogP) is 4.12. The van der Waals surface area contributed by atoms with Crippen molar-refractivity contribution in [2.75, 3.05) is 18.4 Å². The summed E-state index contributed by atoms with van der Waals surface area (Å²) >= 11 is 3.51. The molecule has 1 aliphatic heterocycles. The Morgan fingerprint density at radius 2 is 2.00 bits per heavy atom. The quantitative estimate of drug-likeness (QED) is 0.672. The minimum absolute atomic E-state index is 0.00824. The van der Waals surface area contributed by atoms with Crippen LogP contribution in [0.3, 0.4) is 0 Å². The zero-order valence-corrected chi connectivity index (χ0v) is 16.7. The second kappa shape index (κ2) is 6.41. The highest BCUT2D eigenvalue weighted by Gasteiger charge is 2.51. The molecule has 2 aromatic carbocycles. The third kappa shape index (κ3) is 2.88. The van der Waals surface area contributed by atoms with E-state index in [0.717, 1.165) is 33.7 Å². The van der Waals surface area contributed by atoms with Gasteiger partial charge < -0.3 is 10.2 Å². The van der Waals surface area contributed by atoms with E-state index in [0.29, 0.717) is 17.8 Å². The molecule has 2 amide bonds. The Morgan fingerprint density at radius 1 is 1.18 bits per heavy atom. The maximum atomic E-state index is 13.0. The van der Waals surface area contributed by atoms with Crippen LogP contribution in [0.4, 0.5) is 5.69 Å². The van der Waals surface area contributed by atoms with Gasteiger partial charge in [-0.1, -0.05) is 40.2 Å². The van der Waals surface area contributed by atoms with Gasteiger partial charge in [-0.25, -0.2) is 0 Å². The lowest BCUT2D eigenvalue weighted by molar-refractivity contribution is -0.117. The number of carbonyl (C=O) groups excluding carboxylic acids is 2. The van der Waals surface area contributed by atoms with Gasteiger partial charge in [0.05, 0.1) is 11.9 Å². The molecule has 0 bridgehead atoms. The topological polar surface area (TPSA) is 62.3 Å². The summed E-state index contributed by atoms with van der Waals surface area (Å²) in [6.07, 6.45) is 5.52. The summed E-state index contributed by atoms with van der Waals surface area (Å²) in [7, 11) is 0. The minimum atomic E-state index is -0.206. The van der Waals surface area contributed by atoms with Gasteiger partial charge in [0.15, 0.2) is 0 Å². The average molecular weight is 436 g/mol. The van der Waals surface area contributed by atoms with E-state index in [4.69, 9.17) is 0 Å². The van der Waals surface area contributed by atoms with Gasteiger partial charge in [-0.3, -0.25) is 14.6 Å². The number of benzene rings is 2. The van der Waals surface area contributed by atoms with Crippen molar-refractivity contribution < 1.29 is 9.59 Å². The molecule has 1 saturated carbocycles. The molecule has 2 heterocycles. The smallest absolute Gasteiger partial charge is 0.254 e. The van der Waals surface area contributed by atoms with Gasteiger partial charge in [0.25, 0.3) is 5.91 Å². The lowest BCUT2D eigenvalue weighted by atomic mass is 9.86. The van der Waals surface area contributed by atoms with Crippen LogP contribution in [-0.4, -0.2) is 34.8 Å². The van der Waals surface area contributed by atoms with E-state index < -0.39 is 0 Å². The minimum Gasteiger partial charge on any atom is -0.328 e. The summed E-state index contributed by atoms with van der Waals surface area (Å²) < 4.78 is 0.986. The number of nitrogens with zero attached hydrogens (tertiary/aromatic N) is 2. The number of carbonyl (C=O) groups is 2. The van der Waals surface area contributed by atoms with Crippen molar-refractivity contribution in [3.8, 4) is 0 Å². The van der Waals surface area contributed by atoms with E-state index in [1.165, 1.54) is 0 Å². The van der Waals surface area contributed by atoms with Crippen molar-refractivity contribution in [1.29, 1.82) is 0 Å². The van der Waals surface area contributed by atoms with E-state index in [-0.39, 0.29) is 23.8 Å². The summed E-state index contributed by atoms with van der Waals surface area (Å²) in [5, 5.41) is 4.83. The lowest BCUT2D eigenvalue weighted by Crippen LogP contribution is -2.46. The lowest BCUT2D eigenvalue weighted by Gasteiger charge is -2.34. The summed E-state index contributed by atoms with van der Waals surface area (Å²) in [4.78, 5) is 31.6. The van der Waals surface area contributed by atoms with Gasteiger partial charge in [-0.2, -0.15) is 0 Å². The second-order valence-corrected chi connectivity index (χ2v) is 8.50. The molecule has 1 aromatic heterocycles. The molecule has 3 aromatic rings. The fourth-order valence-electron chi connectivity index (χ4n) is 4.12. The summed E-state index contributed by atoms with van der Waals surface area (Å²) in [6.45, 7) is 0.635. The first-order valence-electron chi connectivity index (χ1n) is 9.28. The first-order valence-corrected chi connectivity index (χ1v) is 10.1. The summed E-state index contributed by atoms with van der Waals surface area (Å²) in [6, 6.07) is 13.6. The normalized spacial score (nSPS) is 16.9. The first-order chi connectivity index (χ1) is 13.6. The van der Waals surface area contributed by atoms with Crippen molar-refractivity contribution in [3.63, 3.8) is 0 Å². The number of rotatable bonds is 3. The Hall–Kier alpha value is -2.73. The largest absolute Gasteiger partial charge is 0.328 e. The molecule has 1 aliphatic carbocycles. The fourth-order valence-corrected chi connectivity index (χ4v) is 4.48. The van der Waals surface area contributed by atoms with Crippen molar-refractivity contribution in [2.45, 2.75) is 18.3 Å². The molecule has 0 saturated heterocycles. The van der Waals surface area contributed by atoms with Crippen LogP contribution in [0, 0.1) is 0 Å². The highest BCUT2D eigenvalue weighted by Crippen LogP contribution is 2.52. The van der Waals surface area contributed by atoms with Crippen LogP contribution in [-0.2, 0) is 10.2 Å². The Bertz CT molecular complexity index is 1120. The number of hydrogen-bond acceptors (Lipinski definition) is 3. The van der Waals surface area contributed by atoms with Crippen molar-refractivity contribution in [3.05, 3.63) is 70.5 Å². The van der Waals surface area contributed by atoms with Gasteiger partial charge in [0, 0.05) is 39.0 Å². The number of aromatic nitrogens is 1. The van der Waals surface area contributed by atoms with Gasteiger partial charge in [0.1, 0.15) is 6.54 Å². The van der Waals surface area contributed by atoms with Crippen LogP contribution in [0.5, 0.6) is 0 Å². The van der Waals surface area contributed by atoms with E-state index in [1.807, 2.05) is 36.4 Å². The molecule has 5 nitrogen and oxygen atoms in total. The Morgan fingerprint density at radius 3 is 2.82 bits per heavy atom. The molecule has 0 atom stereocenters. The Labute approximate surface area is 170 Å². The predicted molar refractivity (Wildman–Crippen MR) is 111 cm³/mol. The molecule has 140 valence electrons. The number of fused-ring (bicyclic) bond motifs is 3. The molecule has 1 N–H and O–H groups in total. The monoisotopic (exact) mass is 435 g/mol. The van der Waals surface area contributed by atoms with Gasteiger partial charge in [-0.15, -0.1) is 0 Å². The molecule has 28 heavy (non-hydrogen) atoms. The zero-order chi connectivity index (χ0) is 19.3. The third-order valence-electron chi connectivity index (χ3n) is 5.69. The van der Waals surface area contributed by atoms with Crippen LogP contribution in [0.2, 0.25) is 0 Å². The van der Waals surface area contributed by atoms with Crippen molar-refractivity contribution >= 4 is 44.2 Å². The van der Waals surface area contributed by atoms with Gasteiger partial charge in [-0.05, 0) is 36.6 Å². The SMILES string of the molecule is O=C(CN1CC2(CC2)c2cc(Br)ccc2C1=O)Nc1cncc2ccccc12. The van der Waals surface area contributed by atoms with E-state index in [2.05, 4.69) is 32.3 Å². The number of hydrogen-bond donors (Lipinski definition) is 1. The molecular weight excluding hydrogens is 418 g/mol. The number of halogens is 1. The van der Waals surface area contributed by atoms with Crippen LogP contribution < -0.4 is 5.32 Å². The highest BCUT2D eigenvalue weighted by molar-refractivity contribution is 9.10. The van der Waals surface area contributed by atoms with Gasteiger partial charge >= 0.3 is 0 Å². The van der Waals surface area contributed by atoms with Crippen LogP contribution >= 0.6 is 15.9 Å². The van der Waals surface area contributed by atoms with Gasteiger partial charge in [0.2, 0.25) is 5.91 Å². The molecule has 1 fully saturated rings. The maximum absolute atomic E-state index is 13.0. The molecular formula is C22H18BrN3O2. The second-order valence-electron chi connectivity index (χ2n) is 7.59. The van der Waals surface area contributed by atoms with Crippen molar-refractivity contribution in [1.82, 2.24) is 9.88 Å². The van der Waals surface area contributed by atoms with Crippen LogP contribution in [0.1, 0.15) is 28.8 Å². The number of anilines is 1. The third-order valence-corrected chi connectivity index (χ3v) is 6.19. The standard InChI is InChI=1S/C22H18BrN3O2/c23-15-5-6-17-18(9-15)22(7-8-22)13-26(21(17)28)12-20(27)25-19-11-24-10-14-3-1-2-4-16(14)19/h1-6,9-11H,7-8,12-13H2,(H,25,27). The zero-order valence-electron chi connectivity index (χ0n) is 15.1. The van der Waals surface area contributed by atoms with E-state index in [1.54, 1.807) is 17.3 Å². The average Bonchev–Trinajstić information content (AvgIpc) is 3.47. The fraction of sp³-hybridized carbons (Fsp3) is 0.227. The molecule has 6 heteroatoms. The highest BCUT2D eigenvalue weighted by atomic mass is 79.9. The summed E-state index contributed by atoms with van der Waals surface area (Å²) in [5.41, 5.74) is 2.50. The van der Waals surface area contributed by atoms with E-state index in [9.17, 15) is 9.59 Å². The number of pyridine rings is 1. The maximum Gasteiger partial charge on any atom is 0.254 e. The van der Waals surface area contributed by atoms with Crippen LogP contribution in [0.15, 0.2) is 59.3 Å². The van der Waals surface area contributed by atoms with E-state index >= 15 is 0 Å². The molecule has 0 unspecified atom stereocenters. The molecule has 1 spiro atoms. The summed E-state index contributed by atoms with van der Waals surface area (Å²) in [5.74, 6) is -0.283. The van der Waals surface area contributed by atoms with Crippen molar-refractivity contribution in [2.24, 2.45) is 0 Å². The molecule has 2 aliphatic rings. The van der Waals surface area contributed by atoms with Crippen LogP contribution in [0.25, 0.3) is 10.8 Å². The molecule has 5 rings (SSSR count). The Kier molecular flexibility index (Phi) is 3.98. The number of nitrogens with one attached hydrogen (secondary N) is 1. The molecule has 0 radical (unpaired) electrons. The first kappa shape index (κ1) is 17.4.